The molecule has 4 heteroatoms. The molecule has 0 radical (unpaired) electrons. The number of sulfone groups is 1. The van der Waals surface area contributed by atoms with Crippen LogP contribution in [0.25, 0.3) is 0 Å². The highest BCUT2D eigenvalue weighted by atomic mass is 32.2. The van der Waals surface area contributed by atoms with Crippen LogP contribution in [0.5, 0.6) is 5.75 Å². The lowest BCUT2D eigenvalue weighted by atomic mass is 10.1. The van der Waals surface area contributed by atoms with Gasteiger partial charge in [-0.25, -0.2) is 8.42 Å². The molecule has 1 aliphatic rings. The van der Waals surface area contributed by atoms with Crippen LogP contribution in [0, 0.1) is 13.8 Å². The molecular weight excluding hydrogens is 284 g/mol. The minimum absolute atomic E-state index is 0.125. The van der Waals surface area contributed by atoms with Crippen molar-refractivity contribution in [2.24, 2.45) is 0 Å². The quantitative estimate of drug-likeness (QED) is 0.925. The average Bonchev–Trinajstić information content (AvgIpc) is 2.92. The molecule has 0 spiro atoms. The van der Waals surface area contributed by atoms with E-state index in [2.05, 4.69) is 0 Å². The largest absolute Gasteiger partial charge is 0.508 e. The third kappa shape index (κ3) is 2.23. The Labute approximate surface area is 125 Å². The number of fused-ring (bicyclic) bond motifs is 1. The van der Waals surface area contributed by atoms with Crippen LogP contribution in [-0.2, 0) is 22.7 Å². The van der Waals surface area contributed by atoms with Crippen molar-refractivity contribution in [3.63, 3.8) is 0 Å². The lowest BCUT2D eigenvalue weighted by Crippen LogP contribution is -2.06. The summed E-state index contributed by atoms with van der Waals surface area (Å²) >= 11 is 0. The van der Waals surface area contributed by atoms with Gasteiger partial charge in [0, 0.05) is 0 Å². The highest BCUT2D eigenvalue weighted by Gasteiger charge is 2.23. The highest BCUT2D eigenvalue weighted by molar-refractivity contribution is 7.91. The van der Waals surface area contributed by atoms with Crippen molar-refractivity contribution in [3.8, 4) is 5.75 Å². The summed E-state index contributed by atoms with van der Waals surface area (Å²) in [6.45, 7) is 3.46. The molecule has 0 bridgehead atoms. The molecule has 1 aliphatic carbocycles. The standard InChI is InChI=1S/C17H18O3S/c1-11-12(2)17(9-8-16(11)18)21(19,20)15-7-6-13-4-3-5-14(13)10-15/h6-10,18H,3-5H2,1-2H3. The Hall–Kier alpha value is -1.81. The molecule has 0 heterocycles. The first-order valence-electron chi connectivity index (χ1n) is 7.07. The van der Waals surface area contributed by atoms with Gasteiger partial charge >= 0.3 is 0 Å². The molecule has 0 atom stereocenters. The van der Waals surface area contributed by atoms with Gasteiger partial charge in [0.2, 0.25) is 9.84 Å². The van der Waals surface area contributed by atoms with Gasteiger partial charge in [0.1, 0.15) is 5.75 Å². The molecule has 0 unspecified atom stereocenters. The molecule has 21 heavy (non-hydrogen) atoms. The molecule has 3 rings (SSSR count). The molecule has 2 aromatic rings. The third-order valence-electron chi connectivity index (χ3n) is 4.38. The van der Waals surface area contributed by atoms with E-state index < -0.39 is 9.84 Å². The van der Waals surface area contributed by atoms with Crippen molar-refractivity contribution in [2.75, 3.05) is 0 Å². The van der Waals surface area contributed by atoms with E-state index in [4.69, 9.17) is 0 Å². The second-order valence-corrected chi connectivity index (χ2v) is 7.54. The smallest absolute Gasteiger partial charge is 0.206 e. The predicted octanol–water partition coefficient (Wildman–Crippen LogP) is 3.33. The van der Waals surface area contributed by atoms with Gasteiger partial charge in [-0.1, -0.05) is 6.07 Å². The fraction of sp³-hybridized carbons (Fsp3) is 0.294. The van der Waals surface area contributed by atoms with Gasteiger partial charge in [0.05, 0.1) is 9.79 Å². The minimum Gasteiger partial charge on any atom is -0.508 e. The van der Waals surface area contributed by atoms with Crippen molar-refractivity contribution < 1.29 is 13.5 Å². The highest BCUT2D eigenvalue weighted by Crippen LogP contribution is 2.32. The van der Waals surface area contributed by atoms with Crippen LogP contribution in [0.4, 0.5) is 0 Å². The van der Waals surface area contributed by atoms with Gasteiger partial charge in [-0.15, -0.1) is 0 Å². The number of benzene rings is 2. The third-order valence-corrected chi connectivity index (χ3v) is 6.27. The van der Waals surface area contributed by atoms with E-state index in [1.807, 2.05) is 6.07 Å². The zero-order chi connectivity index (χ0) is 15.2. The summed E-state index contributed by atoms with van der Waals surface area (Å²) in [4.78, 5) is 0.618. The summed E-state index contributed by atoms with van der Waals surface area (Å²) in [6.07, 6.45) is 3.08. The summed E-state index contributed by atoms with van der Waals surface area (Å²) in [7, 11) is -3.54. The zero-order valence-electron chi connectivity index (χ0n) is 12.2. The summed E-state index contributed by atoms with van der Waals surface area (Å²) < 4.78 is 25.7. The first-order valence-corrected chi connectivity index (χ1v) is 8.55. The van der Waals surface area contributed by atoms with E-state index >= 15 is 0 Å². The van der Waals surface area contributed by atoms with Crippen LogP contribution in [0.1, 0.15) is 28.7 Å². The summed E-state index contributed by atoms with van der Waals surface area (Å²) in [5.74, 6) is 0.125. The van der Waals surface area contributed by atoms with Gasteiger partial charge in [-0.2, -0.15) is 0 Å². The van der Waals surface area contributed by atoms with E-state index in [1.165, 1.54) is 17.7 Å². The van der Waals surface area contributed by atoms with Gasteiger partial charge in [0.15, 0.2) is 0 Å². The van der Waals surface area contributed by atoms with E-state index in [0.29, 0.717) is 16.0 Å². The van der Waals surface area contributed by atoms with Crippen LogP contribution >= 0.6 is 0 Å². The number of rotatable bonds is 2. The Morgan fingerprint density at radius 3 is 2.43 bits per heavy atom. The number of phenols is 1. The molecule has 0 saturated heterocycles. The second-order valence-electron chi connectivity index (χ2n) is 5.62. The Morgan fingerprint density at radius 1 is 0.952 bits per heavy atom. The molecule has 0 aliphatic heterocycles. The average molecular weight is 302 g/mol. The number of phenolic OH excluding ortho intramolecular Hbond substituents is 1. The fourth-order valence-corrected chi connectivity index (χ4v) is 4.52. The maximum absolute atomic E-state index is 12.8. The van der Waals surface area contributed by atoms with Gasteiger partial charge in [0.25, 0.3) is 0 Å². The number of hydrogen-bond acceptors (Lipinski definition) is 3. The first-order chi connectivity index (χ1) is 9.91. The SMILES string of the molecule is Cc1c(O)ccc(S(=O)(=O)c2ccc3c(c2)CCC3)c1C. The predicted molar refractivity (Wildman–Crippen MR) is 81.5 cm³/mol. The van der Waals surface area contributed by atoms with E-state index in [-0.39, 0.29) is 10.6 Å². The number of aromatic hydroxyl groups is 1. The fourth-order valence-electron chi connectivity index (χ4n) is 2.91. The Morgan fingerprint density at radius 2 is 1.67 bits per heavy atom. The summed E-state index contributed by atoms with van der Waals surface area (Å²) in [5, 5.41) is 9.69. The number of hydrogen-bond donors (Lipinski definition) is 1. The zero-order valence-corrected chi connectivity index (χ0v) is 13.0. The monoisotopic (exact) mass is 302 g/mol. The molecule has 110 valence electrons. The Kier molecular flexibility index (Phi) is 3.29. The topological polar surface area (TPSA) is 54.4 Å². The molecule has 0 aromatic heterocycles. The van der Waals surface area contributed by atoms with E-state index in [1.54, 1.807) is 26.0 Å². The summed E-state index contributed by atoms with van der Waals surface area (Å²) in [6, 6.07) is 8.36. The number of aryl methyl sites for hydroxylation is 2. The van der Waals surface area contributed by atoms with Crippen molar-refractivity contribution in [1.82, 2.24) is 0 Å². The van der Waals surface area contributed by atoms with E-state index in [9.17, 15) is 13.5 Å². The van der Waals surface area contributed by atoms with Crippen molar-refractivity contribution in [1.29, 1.82) is 0 Å². The maximum Gasteiger partial charge on any atom is 0.206 e. The molecule has 1 N–H and O–H groups in total. The van der Waals surface area contributed by atoms with Crippen LogP contribution in [0.3, 0.4) is 0 Å². The van der Waals surface area contributed by atoms with Gasteiger partial charge in [-0.3, -0.25) is 0 Å². The minimum atomic E-state index is -3.54. The van der Waals surface area contributed by atoms with Crippen LogP contribution in [0.2, 0.25) is 0 Å². The first kappa shape index (κ1) is 14.1. The Balaban J connectivity index is 2.15. The molecule has 2 aromatic carbocycles. The van der Waals surface area contributed by atoms with Gasteiger partial charge < -0.3 is 5.11 Å². The lowest BCUT2D eigenvalue weighted by Gasteiger charge is -2.12. The van der Waals surface area contributed by atoms with Crippen LogP contribution in [0.15, 0.2) is 40.1 Å². The van der Waals surface area contributed by atoms with Crippen molar-refractivity contribution >= 4 is 9.84 Å². The molecule has 3 nitrogen and oxygen atoms in total. The lowest BCUT2D eigenvalue weighted by molar-refractivity contribution is 0.469. The molecular formula is C17H18O3S. The van der Waals surface area contributed by atoms with E-state index in [0.717, 1.165) is 24.8 Å². The molecule has 0 fully saturated rings. The van der Waals surface area contributed by atoms with Crippen molar-refractivity contribution in [3.05, 3.63) is 52.6 Å². The second kappa shape index (κ2) is 4.88. The van der Waals surface area contributed by atoms with Crippen molar-refractivity contribution in [2.45, 2.75) is 42.9 Å². The Bertz CT molecular complexity index is 820. The normalized spacial score (nSPS) is 14.2. The maximum atomic E-state index is 12.8. The molecule has 0 saturated carbocycles. The van der Waals surface area contributed by atoms with Gasteiger partial charge in [-0.05, 0) is 79.6 Å². The summed E-state index contributed by atoms with van der Waals surface area (Å²) in [5.41, 5.74) is 3.62. The van der Waals surface area contributed by atoms with Crippen LogP contribution in [-0.4, -0.2) is 13.5 Å². The van der Waals surface area contributed by atoms with Crippen LogP contribution < -0.4 is 0 Å². The molecule has 0 amide bonds.